The van der Waals surface area contributed by atoms with Crippen LogP contribution in [0, 0.1) is 0 Å². The number of aromatic nitrogens is 1. The highest BCUT2D eigenvalue weighted by molar-refractivity contribution is 7.99. The Morgan fingerprint density at radius 1 is 0.391 bits per heavy atom. The molecule has 0 spiro atoms. The topological polar surface area (TPSA) is 4.93 Å². The van der Waals surface area contributed by atoms with Crippen molar-refractivity contribution in [3.63, 3.8) is 0 Å². The minimum absolute atomic E-state index is 1.18. The van der Waals surface area contributed by atoms with E-state index in [2.05, 4.69) is 168 Å². The van der Waals surface area contributed by atoms with Gasteiger partial charge in [-0.05, 0) is 92.0 Å². The maximum atomic E-state index is 2.42. The predicted octanol–water partition coefficient (Wildman–Crippen LogP) is 12.6. The molecule has 1 nitrogen and oxygen atoms in total. The number of hydrogen-bond donors (Lipinski definition) is 0. The number of benzene rings is 8. The number of para-hydroxylation sites is 2. The first kappa shape index (κ1) is 25.7. The Balaban J connectivity index is 1.16. The highest BCUT2D eigenvalue weighted by Crippen LogP contribution is 2.49. The molecule has 0 aliphatic carbocycles. The number of rotatable bonds is 3. The van der Waals surface area contributed by atoms with Crippen LogP contribution in [0.15, 0.2) is 174 Å². The third-order valence-corrected chi connectivity index (χ3v) is 10.7. The summed E-state index contributed by atoms with van der Waals surface area (Å²) in [5.41, 5.74) is 11.3. The van der Waals surface area contributed by atoms with Crippen molar-refractivity contribution in [1.82, 2.24) is 4.57 Å². The molecule has 0 amide bonds. The van der Waals surface area contributed by atoms with Gasteiger partial charge in [0.15, 0.2) is 0 Å². The standard InChI is InChI=1S/C44H27NS/c1-2-13-33(14-3-1)45-38-18-7-6-16-36(38)44-39(45)27-32-10-4-5-15-34(32)43(44)30-22-20-28(21-23-30)31-24-25-40-37(26-31)35-17-8-11-29-12-9-19-41(46-40)42(29)35/h1-27H. The number of hydrogen-bond acceptors (Lipinski definition) is 1. The van der Waals surface area contributed by atoms with Gasteiger partial charge in [-0.2, -0.15) is 0 Å². The Hall–Kier alpha value is -5.57. The Morgan fingerprint density at radius 3 is 1.96 bits per heavy atom. The van der Waals surface area contributed by atoms with Gasteiger partial charge < -0.3 is 4.57 Å². The summed E-state index contributed by atoms with van der Waals surface area (Å²) in [6.07, 6.45) is 0. The van der Waals surface area contributed by atoms with Crippen LogP contribution in [0.25, 0.3) is 82.4 Å². The van der Waals surface area contributed by atoms with E-state index in [1.165, 1.54) is 92.2 Å². The van der Waals surface area contributed by atoms with Crippen LogP contribution in [0.3, 0.4) is 0 Å². The minimum Gasteiger partial charge on any atom is -0.309 e. The van der Waals surface area contributed by atoms with Gasteiger partial charge in [0.05, 0.1) is 11.0 Å². The fourth-order valence-corrected chi connectivity index (χ4v) is 8.65. The molecule has 1 aliphatic heterocycles. The Kier molecular flexibility index (Phi) is 5.58. The van der Waals surface area contributed by atoms with Crippen LogP contribution in [0.4, 0.5) is 0 Å². The smallest absolute Gasteiger partial charge is 0.0553 e. The Bertz CT molecular complexity index is 2640. The molecule has 2 heterocycles. The molecule has 0 atom stereocenters. The van der Waals surface area contributed by atoms with Crippen LogP contribution < -0.4 is 0 Å². The monoisotopic (exact) mass is 601 g/mol. The molecule has 0 saturated carbocycles. The van der Waals surface area contributed by atoms with Gasteiger partial charge in [-0.25, -0.2) is 0 Å². The normalized spacial score (nSPS) is 12.3. The summed E-state index contributed by atoms with van der Waals surface area (Å²) >= 11 is 1.88. The van der Waals surface area contributed by atoms with Crippen molar-refractivity contribution in [2.24, 2.45) is 0 Å². The molecule has 9 aromatic rings. The zero-order valence-corrected chi connectivity index (χ0v) is 25.8. The molecule has 0 N–H and O–H groups in total. The maximum absolute atomic E-state index is 2.42. The molecule has 214 valence electrons. The van der Waals surface area contributed by atoms with E-state index in [4.69, 9.17) is 0 Å². The van der Waals surface area contributed by atoms with Gasteiger partial charge in [0.1, 0.15) is 0 Å². The maximum Gasteiger partial charge on any atom is 0.0553 e. The minimum atomic E-state index is 1.18. The van der Waals surface area contributed by atoms with Gasteiger partial charge >= 0.3 is 0 Å². The van der Waals surface area contributed by atoms with Crippen molar-refractivity contribution in [2.45, 2.75) is 9.79 Å². The lowest BCUT2D eigenvalue weighted by molar-refractivity contribution is 1.18. The van der Waals surface area contributed by atoms with E-state index in [9.17, 15) is 0 Å². The van der Waals surface area contributed by atoms with Crippen LogP contribution in [0.2, 0.25) is 0 Å². The van der Waals surface area contributed by atoms with Gasteiger partial charge in [0, 0.05) is 31.6 Å². The number of fused-ring (bicyclic) bond motifs is 6. The molecule has 1 aliphatic rings. The molecule has 0 unspecified atom stereocenters. The van der Waals surface area contributed by atoms with E-state index in [1.54, 1.807) is 0 Å². The van der Waals surface area contributed by atoms with Gasteiger partial charge in [0.2, 0.25) is 0 Å². The fourth-order valence-electron chi connectivity index (χ4n) is 7.52. The quantitative estimate of drug-likeness (QED) is 0.195. The van der Waals surface area contributed by atoms with Crippen LogP contribution in [-0.2, 0) is 0 Å². The first-order valence-corrected chi connectivity index (χ1v) is 16.6. The van der Waals surface area contributed by atoms with E-state index in [1.807, 2.05) is 11.8 Å². The Morgan fingerprint density at radius 2 is 1.09 bits per heavy atom. The summed E-state index contributed by atoms with van der Waals surface area (Å²) in [7, 11) is 0. The molecule has 0 saturated heterocycles. The summed E-state index contributed by atoms with van der Waals surface area (Å²) in [5.74, 6) is 0. The van der Waals surface area contributed by atoms with Crippen molar-refractivity contribution >= 4 is 55.1 Å². The van der Waals surface area contributed by atoms with Gasteiger partial charge in [0.25, 0.3) is 0 Å². The van der Waals surface area contributed by atoms with Crippen molar-refractivity contribution in [3.8, 4) is 39.1 Å². The molecule has 8 aromatic carbocycles. The van der Waals surface area contributed by atoms with Gasteiger partial charge in [-0.1, -0.05) is 133 Å². The van der Waals surface area contributed by atoms with Crippen molar-refractivity contribution in [2.75, 3.05) is 0 Å². The summed E-state index contributed by atoms with van der Waals surface area (Å²) in [5, 5.41) is 7.76. The predicted molar refractivity (Wildman–Crippen MR) is 196 cm³/mol. The van der Waals surface area contributed by atoms with Crippen LogP contribution >= 0.6 is 11.8 Å². The van der Waals surface area contributed by atoms with E-state index < -0.39 is 0 Å². The third-order valence-electron chi connectivity index (χ3n) is 9.56. The average Bonchev–Trinajstić information content (AvgIpc) is 3.45. The second-order valence-electron chi connectivity index (χ2n) is 12.1. The first-order chi connectivity index (χ1) is 22.8. The summed E-state index contributed by atoms with van der Waals surface area (Å²) in [6, 6.07) is 60.2. The molecule has 0 radical (unpaired) electrons. The van der Waals surface area contributed by atoms with E-state index >= 15 is 0 Å². The van der Waals surface area contributed by atoms with Crippen LogP contribution in [0.5, 0.6) is 0 Å². The molecule has 0 bridgehead atoms. The summed E-state index contributed by atoms with van der Waals surface area (Å²) < 4.78 is 2.42. The molecule has 2 heteroatoms. The highest BCUT2D eigenvalue weighted by atomic mass is 32.2. The zero-order chi connectivity index (χ0) is 30.2. The second kappa shape index (κ2) is 9.97. The van der Waals surface area contributed by atoms with E-state index in [0.717, 1.165) is 0 Å². The van der Waals surface area contributed by atoms with E-state index in [-0.39, 0.29) is 0 Å². The lowest BCUT2D eigenvalue weighted by Crippen LogP contribution is -1.94. The zero-order valence-electron chi connectivity index (χ0n) is 24.9. The molecule has 0 fully saturated rings. The molecular formula is C44H27NS. The Labute approximate surface area is 271 Å². The molecule has 1 aromatic heterocycles. The van der Waals surface area contributed by atoms with Crippen molar-refractivity contribution in [3.05, 3.63) is 164 Å². The molecular weight excluding hydrogens is 575 g/mol. The van der Waals surface area contributed by atoms with Gasteiger partial charge in [-0.3, -0.25) is 0 Å². The third kappa shape index (κ3) is 3.77. The average molecular weight is 602 g/mol. The van der Waals surface area contributed by atoms with Gasteiger partial charge in [-0.15, -0.1) is 0 Å². The van der Waals surface area contributed by atoms with Crippen molar-refractivity contribution < 1.29 is 0 Å². The number of nitrogens with zero attached hydrogens (tertiary/aromatic N) is 1. The van der Waals surface area contributed by atoms with Crippen LogP contribution in [0.1, 0.15) is 0 Å². The van der Waals surface area contributed by atoms with E-state index in [0.29, 0.717) is 0 Å². The second-order valence-corrected chi connectivity index (χ2v) is 13.2. The largest absolute Gasteiger partial charge is 0.309 e. The van der Waals surface area contributed by atoms with Crippen molar-refractivity contribution in [1.29, 1.82) is 0 Å². The first-order valence-electron chi connectivity index (χ1n) is 15.8. The molecule has 46 heavy (non-hydrogen) atoms. The SMILES string of the molecule is c1ccc(-n2c3ccccc3c3c(-c4ccc(-c5ccc6c(c5)-c5cccc7cccc(c57)S6)cc4)c4ccccc4cc32)cc1. The summed E-state index contributed by atoms with van der Waals surface area (Å²) in [6.45, 7) is 0. The fraction of sp³-hybridized carbons (Fsp3) is 0. The lowest BCUT2D eigenvalue weighted by atomic mass is 9.91. The molecule has 10 rings (SSSR count). The summed E-state index contributed by atoms with van der Waals surface area (Å²) in [4.78, 5) is 2.66. The van der Waals surface area contributed by atoms with Crippen LogP contribution in [-0.4, -0.2) is 4.57 Å². The lowest BCUT2D eigenvalue weighted by Gasteiger charge is -2.21. The highest BCUT2D eigenvalue weighted by Gasteiger charge is 2.21.